The van der Waals surface area contributed by atoms with Gasteiger partial charge in [-0.25, -0.2) is 13.4 Å². The van der Waals surface area contributed by atoms with Crippen LogP contribution < -0.4 is 10.1 Å². The van der Waals surface area contributed by atoms with Crippen LogP contribution in [0.3, 0.4) is 0 Å². The molecular weight excluding hydrogens is 452 g/mol. The van der Waals surface area contributed by atoms with Crippen LogP contribution in [0.4, 0.5) is 0 Å². The van der Waals surface area contributed by atoms with Crippen molar-refractivity contribution in [2.75, 3.05) is 20.2 Å². The van der Waals surface area contributed by atoms with Gasteiger partial charge < -0.3 is 14.6 Å². The molecule has 1 aliphatic heterocycles. The Balaban J connectivity index is 1.49. The van der Waals surface area contributed by atoms with Crippen molar-refractivity contribution in [3.63, 3.8) is 0 Å². The van der Waals surface area contributed by atoms with Gasteiger partial charge >= 0.3 is 0 Å². The maximum absolute atomic E-state index is 13.0. The predicted molar refractivity (Wildman–Crippen MR) is 131 cm³/mol. The normalized spacial score (nSPS) is 14.5. The number of para-hydroxylation sites is 1. The maximum atomic E-state index is 13.0. The van der Waals surface area contributed by atoms with Crippen molar-refractivity contribution in [2.24, 2.45) is 0 Å². The summed E-state index contributed by atoms with van der Waals surface area (Å²) in [7, 11) is -1.89. The van der Waals surface area contributed by atoms with E-state index in [1.54, 1.807) is 23.5 Å². The van der Waals surface area contributed by atoms with Gasteiger partial charge in [0.2, 0.25) is 15.9 Å². The number of aromatic nitrogens is 2. The van der Waals surface area contributed by atoms with Crippen molar-refractivity contribution in [1.29, 1.82) is 0 Å². The van der Waals surface area contributed by atoms with Gasteiger partial charge in [0, 0.05) is 44.6 Å². The maximum Gasteiger partial charge on any atom is 0.243 e. The minimum atomic E-state index is -3.50. The molecule has 4 rings (SSSR count). The lowest BCUT2D eigenvalue weighted by Crippen LogP contribution is -2.27. The van der Waals surface area contributed by atoms with Crippen LogP contribution in [0.2, 0.25) is 0 Å². The van der Waals surface area contributed by atoms with Gasteiger partial charge in [0.25, 0.3) is 0 Å². The van der Waals surface area contributed by atoms with Crippen molar-refractivity contribution >= 4 is 27.0 Å². The number of hydrogen-bond acceptors (Lipinski definition) is 5. The number of amides is 1. The zero-order chi connectivity index (χ0) is 24.1. The monoisotopic (exact) mass is 484 g/mol. The van der Waals surface area contributed by atoms with E-state index < -0.39 is 10.0 Å². The first-order chi connectivity index (χ1) is 16.4. The second kappa shape index (κ2) is 10.6. The molecule has 1 saturated heterocycles. The third-order valence-electron chi connectivity index (χ3n) is 6.19. The Morgan fingerprint density at radius 3 is 2.65 bits per heavy atom. The molecule has 0 saturated carbocycles. The van der Waals surface area contributed by atoms with Crippen molar-refractivity contribution in [3.8, 4) is 5.75 Å². The van der Waals surface area contributed by atoms with Gasteiger partial charge in [-0.3, -0.25) is 4.79 Å². The largest absolute Gasteiger partial charge is 0.496 e. The molecule has 0 spiro atoms. The summed E-state index contributed by atoms with van der Waals surface area (Å²) in [5.41, 5.74) is 2.47. The average Bonchev–Trinajstić information content (AvgIpc) is 3.51. The summed E-state index contributed by atoms with van der Waals surface area (Å²) in [5.74, 6) is 1.46. The molecule has 1 aromatic heterocycles. The van der Waals surface area contributed by atoms with Gasteiger partial charge in [0.1, 0.15) is 11.6 Å². The van der Waals surface area contributed by atoms with E-state index in [2.05, 4.69) is 16.8 Å². The standard InChI is InChI=1S/C25H32N4O4S/c1-3-14-29-22-11-10-20(34(31,32)28-15-6-7-16-28)17-21(22)27-24(29)12-13-25(30)26-18-19-8-4-5-9-23(19)33-2/h4-5,8-11,17H,3,6-7,12-16,18H2,1-2H3,(H,26,30). The third kappa shape index (κ3) is 5.10. The van der Waals surface area contributed by atoms with Gasteiger partial charge in [-0.1, -0.05) is 25.1 Å². The van der Waals surface area contributed by atoms with E-state index in [4.69, 9.17) is 9.72 Å². The number of sulfonamides is 1. The molecular formula is C25H32N4O4S. The minimum absolute atomic E-state index is 0.0710. The van der Waals surface area contributed by atoms with E-state index in [0.717, 1.165) is 48.5 Å². The fourth-order valence-corrected chi connectivity index (χ4v) is 5.96. The van der Waals surface area contributed by atoms with Crippen molar-refractivity contribution < 1.29 is 17.9 Å². The topological polar surface area (TPSA) is 93.5 Å². The number of imidazole rings is 1. The fraction of sp³-hybridized carbons (Fsp3) is 0.440. The van der Waals surface area contributed by atoms with E-state index in [1.807, 2.05) is 30.3 Å². The van der Waals surface area contributed by atoms with Crippen LogP contribution in [0.5, 0.6) is 5.75 Å². The smallest absolute Gasteiger partial charge is 0.243 e. The Bertz CT molecular complexity index is 1260. The lowest BCUT2D eigenvalue weighted by molar-refractivity contribution is -0.121. The van der Waals surface area contributed by atoms with E-state index in [9.17, 15) is 13.2 Å². The SMILES string of the molecule is CCCn1c(CCC(=O)NCc2ccccc2OC)nc2cc(S(=O)(=O)N3CCCC3)ccc21. The molecule has 182 valence electrons. The molecule has 0 aliphatic carbocycles. The number of nitrogens with one attached hydrogen (secondary N) is 1. The van der Waals surface area contributed by atoms with Crippen molar-refractivity contribution in [3.05, 3.63) is 53.9 Å². The number of benzene rings is 2. The highest BCUT2D eigenvalue weighted by Crippen LogP contribution is 2.26. The number of hydrogen-bond donors (Lipinski definition) is 1. The summed E-state index contributed by atoms with van der Waals surface area (Å²) in [5, 5.41) is 2.95. The van der Waals surface area contributed by atoms with Crippen LogP contribution >= 0.6 is 0 Å². The van der Waals surface area contributed by atoms with Crippen molar-refractivity contribution in [2.45, 2.75) is 57.0 Å². The van der Waals surface area contributed by atoms with Crippen LogP contribution in [-0.4, -0.2) is 48.4 Å². The highest BCUT2D eigenvalue weighted by Gasteiger charge is 2.27. The zero-order valence-electron chi connectivity index (χ0n) is 19.8. The molecule has 1 aliphatic rings. The second-order valence-corrected chi connectivity index (χ2v) is 10.5. The average molecular weight is 485 g/mol. The number of ether oxygens (including phenoxy) is 1. The molecule has 3 aromatic rings. The number of methoxy groups -OCH3 is 1. The Kier molecular flexibility index (Phi) is 7.53. The quantitative estimate of drug-likeness (QED) is 0.476. The molecule has 34 heavy (non-hydrogen) atoms. The Labute approximate surface area is 201 Å². The molecule has 2 heterocycles. The van der Waals surface area contributed by atoms with E-state index in [-0.39, 0.29) is 10.8 Å². The van der Waals surface area contributed by atoms with Crippen LogP contribution in [0.15, 0.2) is 47.4 Å². The van der Waals surface area contributed by atoms with Gasteiger partial charge in [-0.05, 0) is 43.5 Å². The van der Waals surface area contributed by atoms with Crippen LogP contribution in [0.1, 0.15) is 44.0 Å². The molecule has 2 aromatic carbocycles. The molecule has 0 bridgehead atoms. The first-order valence-electron chi connectivity index (χ1n) is 11.8. The van der Waals surface area contributed by atoms with Crippen LogP contribution in [-0.2, 0) is 34.3 Å². The molecule has 0 unspecified atom stereocenters. The summed E-state index contributed by atoms with van der Waals surface area (Å²) in [6.45, 7) is 4.38. The Morgan fingerprint density at radius 1 is 1.15 bits per heavy atom. The highest BCUT2D eigenvalue weighted by atomic mass is 32.2. The van der Waals surface area contributed by atoms with Gasteiger partial charge in [0.05, 0.1) is 23.0 Å². The molecule has 9 heteroatoms. The summed E-state index contributed by atoms with van der Waals surface area (Å²) in [6.07, 6.45) is 3.47. The fourth-order valence-electron chi connectivity index (χ4n) is 4.42. The second-order valence-electron chi connectivity index (χ2n) is 8.53. The third-order valence-corrected chi connectivity index (χ3v) is 8.09. The predicted octanol–water partition coefficient (Wildman–Crippen LogP) is 3.49. The first-order valence-corrected chi connectivity index (χ1v) is 13.3. The number of nitrogens with zero attached hydrogens (tertiary/aromatic N) is 3. The molecule has 1 N–H and O–H groups in total. The first kappa shape index (κ1) is 24.2. The summed E-state index contributed by atoms with van der Waals surface area (Å²) in [6, 6.07) is 12.8. The van der Waals surface area contributed by atoms with E-state index in [0.29, 0.717) is 38.0 Å². The number of aryl methyl sites for hydroxylation is 2. The van der Waals surface area contributed by atoms with Gasteiger partial charge in [-0.2, -0.15) is 4.31 Å². The minimum Gasteiger partial charge on any atom is -0.496 e. The summed E-state index contributed by atoms with van der Waals surface area (Å²) in [4.78, 5) is 17.5. The summed E-state index contributed by atoms with van der Waals surface area (Å²) >= 11 is 0. The Morgan fingerprint density at radius 2 is 1.91 bits per heavy atom. The number of fused-ring (bicyclic) bond motifs is 1. The van der Waals surface area contributed by atoms with Gasteiger partial charge in [-0.15, -0.1) is 0 Å². The number of rotatable bonds is 10. The zero-order valence-corrected chi connectivity index (χ0v) is 20.6. The molecule has 0 atom stereocenters. The van der Waals surface area contributed by atoms with Crippen LogP contribution in [0, 0.1) is 0 Å². The van der Waals surface area contributed by atoms with Crippen LogP contribution in [0.25, 0.3) is 11.0 Å². The highest BCUT2D eigenvalue weighted by molar-refractivity contribution is 7.89. The van der Waals surface area contributed by atoms with E-state index in [1.165, 1.54) is 0 Å². The Hall–Kier alpha value is -2.91. The lowest BCUT2D eigenvalue weighted by Gasteiger charge is -2.15. The number of carbonyl (C=O) groups excluding carboxylic acids is 1. The molecule has 0 radical (unpaired) electrons. The van der Waals surface area contributed by atoms with Crippen molar-refractivity contribution in [1.82, 2.24) is 19.2 Å². The molecule has 8 nitrogen and oxygen atoms in total. The molecule has 1 amide bonds. The molecule has 1 fully saturated rings. The number of carbonyl (C=O) groups is 1. The van der Waals surface area contributed by atoms with Gasteiger partial charge in [0.15, 0.2) is 0 Å². The van der Waals surface area contributed by atoms with E-state index >= 15 is 0 Å². The lowest BCUT2D eigenvalue weighted by atomic mass is 10.2. The summed E-state index contributed by atoms with van der Waals surface area (Å²) < 4.78 is 34.9.